The Balaban J connectivity index is 1.30. The summed E-state index contributed by atoms with van der Waals surface area (Å²) in [6.07, 6.45) is 3.80. The van der Waals surface area contributed by atoms with E-state index in [2.05, 4.69) is 4.98 Å². The maximum Gasteiger partial charge on any atom is 0.423 e. The van der Waals surface area contributed by atoms with E-state index < -0.39 is 29.7 Å². The molecule has 2 saturated heterocycles. The number of fused-ring (bicyclic) bond motifs is 3. The smallest absolute Gasteiger partial charge is 0.423 e. The number of carbonyl (C=O) groups excluding carboxylic acids is 3. The SMILES string of the molecule is COC(=O)N1C(=O)[C@@H]2[C@@H](CC(COc3ccccc3)=C3[C@@H](CC/C(=C/c4ccc(CO)o4)c4ccccn4)OC[C@@H]32)C1=O. The number of nitrogens with zero attached hydrogens (tertiary/aromatic N) is 2. The molecule has 2 aliphatic heterocycles. The molecule has 3 amide bonds. The molecule has 0 radical (unpaired) electrons. The van der Waals surface area contributed by atoms with Gasteiger partial charge in [-0.3, -0.25) is 14.6 Å². The van der Waals surface area contributed by atoms with Crippen molar-refractivity contribution in [2.75, 3.05) is 20.3 Å². The van der Waals surface area contributed by atoms with Gasteiger partial charge in [0.1, 0.15) is 30.5 Å². The van der Waals surface area contributed by atoms with Crippen LogP contribution in [0, 0.1) is 17.8 Å². The molecule has 222 valence electrons. The van der Waals surface area contributed by atoms with Crippen molar-refractivity contribution in [3.63, 3.8) is 0 Å². The number of amides is 3. The van der Waals surface area contributed by atoms with Crippen molar-refractivity contribution in [1.82, 2.24) is 9.88 Å². The summed E-state index contributed by atoms with van der Waals surface area (Å²) in [5.41, 5.74) is 3.58. The average molecular weight is 585 g/mol. The predicted molar refractivity (Wildman–Crippen MR) is 154 cm³/mol. The molecule has 10 nitrogen and oxygen atoms in total. The molecule has 2 fully saturated rings. The third kappa shape index (κ3) is 5.63. The van der Waals surface area contributed by atoms with Crippen LogP contribution in [0.2, 0.25) is 0 Å². The number of aromatic nitrogens is 1. The van der Waals surface area contributed by atoms with Crippen LogP contribution in [0.3, 0.4) is 0 Å². The molecule has 6 rings (SSSR count). The maximum atomic E-state index is 13.4. The first kappa shape index (κ1) is 28.6. The van der Waals surface area contributed by atoms with E-state index in [9.17, 15) is 19.5 Å². The number of aliphatic hydroxyl groups excluding tert-OH is 1. The number of likely N-dealkylation sites (tertiary alicyclic amines) is 1. The summed E-state index contributed by atoms with van der Waals surface area (Å²) in [7, 11) is 1.16. The number of hydrogen-bond donors (Lipinski definition) is 1. The lowest BCUT2D eigenvalue weighted by molar-refractivity contribution is -0.137. The molecule has 0 unspecified atom stereocenters. The first-order valence-corrected chi connectivity index (χ1v) is 14.3. The third-order valence-corrected chi connectivity index (χ3v) is 8.35. The highest BCUT2D eigenvalue weighted by Crippen LogP contribution is 2.50. The highest BCUT2D eigenvalue weighted by molar-refractivity contribution is 6.16. The summed E-state index contributed by atoms with van der Waals surface area (Å²) in [4.78, 5) is 44.2. The minimum Gasteiger partial charge on any atom is -0.489 e. The summed E-state index contributed by atoms with van der Waals surface area (Å²) in [6, 6.07) is 18.6. The van der Waals surface area contributed by atoms with Crippen LogP contribution < -0.4 is 4.74 Å². The number of aliphatic hydroxyl groups is 1. The zero-order valence-corrected chi connectivity index (χ0v) is 23.7. The van der Waals surface area contributed by atoms with E-state index in [4.69, 9.17) is 18.6 Å². The monoisotopic (exact) mass is 584 g/mol. The molecule has 43 heavy (non-hydrogen) atoms. The zero-order valence-electron chi connectivity index (χ0n) is 23.7. The molecule has 3 aromatic rings. The van der Waals surface area contributed by atoms with Gasteiger partial charge in [0.05, 0.1) is 37.4 Å². The van der Waals surface area contributed by atoms with Gasteiger partial charge >= 0.3 is 6.09 Å². The Kier molecular flexibility index (Phi) is 8.22. The Labute approximate surface area is 248 Å². The van der Waals surface area contributed by atoms with Gasteiger partial charge in [-0.25, -0.2) is 4.79 Å². The van der Waals surface area contributed by atoms with Crippen LogP contribution in [0.15, 0.2) is 82.4 Å². The second kappa shape index (κ2) is 12.4. The van der Waals surface area contributed by atoms with Crippen LogP contribution in [0.4, 0.5) is 4.79 Å². The Morgan fingerprint density at radius 2 is 1.88 bits per heavy atom. The van der Waals surface area contributed by atoms with Crippen LogP contribution in [0.1, 0.15) is 36.5 Å². The van der Waals surface area contributed by atoms with Gasteiger partial charge in [0.25, 0.3) is 0 Å². The number of pyridine rings is 1. The Morgan fingerprint density at radius 1 is 1.07 bits per heavy atom. The summed E-state index contributed by atoms with van der Waals surface area (Å²) < 4.78 is 22.9. The molecule has 1 aromatic carbocycles. The number of hydrogen-bond acceptors (Lipinski definition) is 9. The number of rotatable bonds is 9. The molecule has 4 atom stereocenters. The second-order valence-corrected chi connectivity index (χ2v) is 10.8. The van der Waals surface area contributed by atoms with Gasteiger partial charge in [-0.1, -0.05) is 24.3 Å². The Morgan fingerprint density at radius 3 is 2.60 bits per heavy atom. The maximum absolute atomic E-state index is 13.4. The molecule has 4 heterocycles. The number of imide groups is 3. The lowest BCUT2D eigenvalue weighted by Crippen LogP contribution is -2.38. The fourth-order valence-electron chi connectivity index (χ4n) is 6.41. The van der Waals surface area contributed by atoms with Gasteiger partial charge in [0.2, 0.25) is 11.8 Å². The first-order valence-electron chi connectivity index (χ1n) is 14.3. The first-order chi connectivity index (χ1) is 21.0. The van der Waals surface area contributed by atoms with E-state index in [0.717, 1.165) is 29.5 Å². The minimum absolute atomic E-state index is 0.192. The normalized spacial score (nSPS) is 23.4. The van der Waals surface area contributed by atoms with Crippen molar-refractivity contribution in [2.45, 2.75) is 32.0 Å². The van der Waals surface area contributed by atoms with Gasteiger partial charge in [0, 0.05) is 12.1 Å². The average Bonchev–Trinajstić information content (AvgIpc) is 3.75. The van der Waals surface area contributed by atoms with E-state index in [1.807, 2.05) is 54.6 Å². The number of para-hydroxylation sites is 1. The van der Waals surface area contributed by atoms with Crippen molar-refractivity contribution in [2.24, 2.45) is 17.8 Å². The number of furan rings is 1. The fourth-order valence-corrected chi connectivity index (χ4v) is 6.41. The second-order valence-electron chi connectivity index (χ2n) is 10.8. The third-order valence-electron chi connectivity index (χ3n) is 8.35. The molecule has 0 saturated carbocycles. The van der Waals surface area contributed by atoms with Crippen molar-refractivity contribution in [3.05, 3.63) is 95.2 Å². The summed E-state index contributed by atoms with van der Waals surface area (Å²) in [6.45, 7) is 0.297. The van der Waals surface area contributed by atoms with Crippen molar-refractivity contribution in [3.8, 4) is 5.75 Å². The topological polar surface area (TPSA) is 128 Å². The Hall–Kier alpha value is -4.54. The van der Waals surface area contributed by atoms with Crippen LogP contribution in [-0.4, -0.2) is 59.3 Å². The fraction of sp³-hybridized carbons (Fsp3) is 0.333. The van der Waals surface area contributed by atoms with Gasteiger partial charge < -0.3 is 23.7 Å². The molecular formula is C33H32N2O8. The van der Waals surface area contributed by atoms with E-state index in [-0.39, 0.29) is 31.8 Å². The number of ether oxygens (including phenoxy) is 3. The van der Waals surface area contributed by atoms with Crippen molar-refractivity contribution >= 4 is 29.6 Å². The largest absolute Gasteiger partial charge is 0.489 e. The number of allylic oxidation sites excluding steroid dienone is 1. The molecule has 1 N–H and O–H groups in total. The predicted octanol–water partition coefficient (Wildman–Crippen LogP) is 4.65. The summed E-state index contributed by atoms with van der Waals surface area (Å²) in [5, 5.41) is 9.43. The molecule has 2 aromatic heterocycles. The van der Waals surface area contributed by atoms with Crippen LogP contribution in [0.5, 0.6) is 5.75 Å². The zero-order chi connectivity index (χ0) is 29.9. The molecular weight excluding hydrogens is 552 g/mol. The number of methoxy groups -OCH3 is 1. The van der Waals surface area contributed by atoms with Gasteiger partial charge in [-0.2, -0.15) is 4.90 Å². The summed E-state index contributed by atoms with van der Waals surface area (Å²) in [5.74, 6) is -1.05. The molecule has 0 spiro atoms. The lowest BCUT2D eigenvalue weighted by atomic mass is 9.69. The van der Waals surface area contributed by atoms with Crippen molar-refractivity contribution in [1.29, 1.82) is 0 Å². The Bertz CT molecular complexity index is 1560. The van der Waals surface area contributed by atoms with Crippen LogP contribution in [0.25, 0.3) is 11.6 Å². The summed E-state index contributed by atoms with van der Waals surface area (Å²) >= 11 is 0. The molecule has 10 heteroatoms. The van der Waals surface area contributed by atoms with Crippen LogP contribution >= 0.6 is 0 Å². The minimum atomic E-state index is -0.962. The molecule has 1 aliphatic carbocycles. The van der Waals surface area contributed by atoms with Gasteiger partial charge in [-0.15, -0.1) is 0 Å². The van der Waals surface area contributed by atoms with E-state index in [1.165, 1.54) is 0 Å². The number of benzene rings is 1. The van der Waals surface area contributed by atoms with E-state index >= 15 is 0 Å². The quantitative estimate of drug-likeness (QED) is 0.282. The van der Waals surface area contributed by atoms with E-state index in [1.54, 1.807) is 18.3 Å². The lowest BCUT2D eigenvalue weighted by Gasteiger charge is -2.31. The van der Waals surface area contributed by atoms with Gasteiger partial charge in [0.15, 0.2) is 0 Å². The van der Waals surface area contributed by atoms with Crippen LogP contribution in [-0.2, 0) is 25.7 Å². The highest BCUT2D eigenvalue weighted by atomic mass is 16.5. The standard InChI is InChI=1S/C33H32N2O8/c1-40-33(39)35-31(37)25-16-21(18-41-22-7-3-2-4-8-22)29-26(30(25)32(35)38)19-42-28(29)13-10-20(27-9-5-6-14-34-27)15-23-11-12-24(17-36)43-23/h2-9,11-12,14-15,25-26,28,30,36H,10,13,16-19H2,1H3/b20-15-/t25-,26+,28-,30-/m1/s1. The number of carbonyl (C=O) groups is 3. The molecule has 0 bridgehead atoms. The van der Waals surface area contributed by atoms with Gasteiger partial charge in [-0.05, 0) is 78.5 Å². The van der Waals surface area contributed by atoms with Crippen molar-refractivity contribution < 1.29 is 38.1 Å². The highest BCUT2D eigenvalue weighted by Gasteiger charge is 2.59. The molecule has 3 aliphatic rings. The van der Waals surface area contributed by atoms with E-state index in [0.29, 0.717) is 41.4 Å².